The average Bonchev–Trinajstić information content (AvgIpc) is 3.08. The van der Waals surface area contributed by atoms with E-state index in [2.05, 4.69) is 85.0 Å². The van der Waals surface area contributed by atoms with E-state index in [4.69, 9.17) is 0 Å². The Morgan fingerprint density at radius 2 is 1.68 bits per heavy atom. The van der Waals surface area contributed by atoms with Gasteiger partial charge in [-0.15, -0.1) is 0 Å². The Morgan fingerprint density at radius 1 is 1.04 bits per heavy atom. The fourth-order valence-corrected chi connectivity index (χ4v) is 3.79. The van der Waals surface area contributed by atoms with Gasteiger partial charge in [0, 0.05) is 57.2 Å². The largest absolute Gasteiger partial charge is 0.353 e. The minimum atomic E-state index is -0.00574. The molecular weight excluding hydrogens is 348 g/mol. The van der Waals surface area contributed by atoms with Crippen molar-refractivity contribution in [3.8, 4) is 0 Å². The Balaban J connectivity index is 1.69. The third-order valence-corrected chi connectivity index (χ3v) is 5.77. The molecule has 1 unspecified atom stereocenters. The SMILES string of the molecule is CN1CCN(C(CNC(=O)c2ccc(C(C)(C)C)cc2)c2cccn2C)CC1. The lowest BCUT2D eigenvalue weighted by Crippen LogP contribution is -2.48. The van der Waals surface area contributed by atoms with E-state index in [-0.39, 0.29) is 17.4 Å². The molecule has 0 aliphatic carbocycles. The first-order valence-electron chi connectivity index (χ1n) is 10.2. The zero-order valence-corrected chi connectivity index (χ0v) is 17.9. The van der Waals surface area contributed by atoms with Crippen molar-refractivity contribution in [2.45, 2.75) is 32.2 Å². The molecule has 1 fully saturated rings. The van der Waals surface area contributed by atoms with Crippen LogP contribution in [0.5, 0.6) is 0 Å². The summed E-state index contributed by atoms with van der Waals surface area (Å²) >= 11 is 0. The van der Waals surface area contributed by atoms with E-state index in [1.165, 1.54) is 11.3 Å². The van der Waals surface area contributed by atoms with Crippen LogP contribution in [0.2, 0.25) is 0 Å². The fraction of sp³-hybridized carbons (Fsp3) is 0.522. The van der Waals surface area contributed by atoms with Gasteiger partial charge in [-0.2, -0.15) is 0 Å². The van der Waals surface area contributed by atoms with E-state index in [0.29, 0.717) is 6.54 Å². The molecular formula is C23H34N4O. The smallest absolute Gasteiger partial charge is 0.251 e. The molecule has 2 heterocycles. The lowest BCUT2D eigenvalue weighted by atomic mass is 9.87. The molecule has 0 spiro atoms. The lowest BCUT2D eigenvalue weighted by Gasteiger charge is -2.38. The van der Waals surface area contributed by atoms with Crippen LogP contribution in [0.4, 0.5) is 0 Å². The Bertz CT molecular complexity index is 780. The van der Waals surface area contributed by atoms with E-state index in [1.54, 1.807) is 0 Å². The van der Waals surface area contributed by atoms with E-state index >= 15 is 0 Å². The summed E-state index contributed by atoms with van der Waals surface area (Å²) in [6.07, 6.45) is 2.07. The lowest BCUT2D eigenvalue weighted by molar-refractivity contribution is 0.0877. The number of aryl methyl sites for hydroxylation is 1. The number of benzene rings is 1. The highest BCUT2D eigenvalue weighted by molar-refractivity contribution is 5.94. The zero-order valence-electron chi connectivity index (χ0n) is 17.9. The molecule has 1 atom stereocenters. The number of nitrogens with one attached hydrogen (secondary N) is 1. The van der Waals surface area contributed by atoms with E-state index < -0.39 is 0 Å². The van der Waals surface area contributed by atoms with Gasteiger partial charge in [0.25, 0.3) is 5.91 Å². The van der Waals surface area contributed by atoms with Gasteiger partial charge in [-0.25, -0.2) is 0 Å². The van der Waals surface area contributed by atoms with Gasteiger partial charge in [0.15, 0.2) is 0 Å². The first-order valence-corrected chi connectivity index (χ1v) is 10.2. The second-order valence-electron chi connectivity index (χ2n) is 8.94. The number of nitrogens with zero attached hydrogens (tertiary/aromatic N) is 3. The predicted molar refractivity (Wildman–Crippen MR) is 115 cm³/mol. The van der Waals surface area contributed by atoms with Crippen LogP contribution in [0.25, 0.3) is 0 Å². The number of hydrogen-bond donors (Lipinski definition) is 1. The number of hydrogen-bond acceptors (Lipinski definition) is 3. The van der Waals surface area contributed by atoms with E-state index in [1.807, 2.05) is 12.1 Å². The number of amides is 1. The summed E-state index contributed by atoms with van der Waals surface area (Å²) < 4.78 is 2.16. The second-order valence-corrected chi connectivity index (χ2v) is 8.94. The second kappa shape index (κ2) is 8.50. The van der Waals surface area contributed by atoms with Gasteiger partial charge in [0.05, 0.1) is 6.04 Å². The van der Waals surface area contributed by atoms with Gasteiger partial charge in [0.2, 0.25) is 0 Å². The van der Waals surface area contributed by atoms with Crippen molar-refractivity contribution in [3.05, 3.63) is 59.4 Å². The van der Waals surface area contributed by atoms with Crippen molar-refractivity contribution in [3.63, 3.8) is 0 Å². The van der Waals surface area contributed by atoms with Gasteiger partial charge < -0.3 is 14.8 Å². The standard InChI is InChI=1S/C23H34N4O/c1-23(2,3)19-10-8-18(9-11-19)22(28)24-17-21(20-7-6-12-26(20)5)27-15-13-25(4)14-16-27/h6-12,21H,13-17H2,1-5H3,(H,24,28). The van der Waals surface area contributed by atoms with Crippen LogP contribution in [0.1, 0.15) is 48.4 Å². The Morgan fingerprint density at radius 3 is 2.21 bits per heavy atom. The third kappa shape index (κ3) is 4.83. The van der Waals surface area contributed by atoms with Gasteiger partial charge in [-0.3, -0.25) is 9.69 Å². The van der Waals surface area contributed by atoms with Crippen LogP contribution in [-0.2, 0) is 12.5 Å². The number of aromatic nitrogens is 1. The highest BCUT2D eigenvalue weighted by Gasteiger charge is 2.26. The molecule has 0 bridgehead atoms. The number of rotatable bonds is 5. The van der Waals surface area contributed by atoms with Gasteiger partial charge in [0.1, 0.15) is 0 Å². The van der Waals surface area contributed by atoms with E-state index in [9.17, 15) is 4.79 Å². The summed E-state index contributed by atoms with van der Waals surface area (Å²) in [4.78, 5) is 17.6. The van der Waals surface area contributed by atoms with Crippen molar-refractivity contribution < 1.29 is 4.79 Å². The van der Waals surface area contributed by atoms with Gasteiger partial charge >= 0.3 is 0 Å². The number of carbonyl (C=O) groups is 1. The summed E-state index contributed by atoms with van der Waals surface area (Å²) in [5.74, 6) is -0.00574. The Hall–Kier alpha value is -2.11. The maximum absolute atomic E-state index is 12.8. The van der Waals surface area contributed by atoms with Crippen molar-refractivity contribution >= 4 is 5.91 Å². The molecule has 2 aromatic rings. The molecule has 1 aliphatic heterocycles. The monoisotopic (exact) mass is 382 g/mol. The number of piperazine rings is 1. The van der Waals surface area contributed by atoms with Crippen molar-refractivity contribution in [2.75, 3.05) is 39.8 Å². The summed E-state index contributed by atoms with van der Waals surface area (Å²) in [6.45, 7) is 11.3. The van der Waals surface area contributed by atoms with Crippen molar-refractivity contribution in [1.82, 2.24) is 19.7 Å². The maximum atomic E-state index is 12.8. The summed E-state index contributed by atoms with van der Waals surface area (Å²) in [5.41, 5.74) is 3.29. The summed E-state index contributed by atoms with van der Waals surface area (Å²) in [5, 5.41) is 3.17. The number of likely N-dealkylation sites (N-methyl/N-ethyl adjacent to an activating group) is 1. The van der Waals surface area contributed by atoms with Crippen molar-refractivity contribution in [1.29, 1.82) is 0 Å². The molecule has 28 heavy (non-hydrogen) atoms. The molecule has 152 valence electrons. The van der Waals surface area contributed by atoms with Gasteiger partial charge in [-0.1, -0.05) is 32.9 Å². The first kappa shape index (κ1) is 20.6. The molecule has 5 heteroatoms. The highest BCUT2D eigenvalue weighted by Crippen LogP contribution is 2.23. The Kier molecular flexibility index (Phi) is 6.26. The van der Waals surface area contributed by atoms with Crippen LogP contribution in [0, 0.1) is 0 Å². The summed E-state index contributed by atoms with van der Waals surface area (Å²) in [6, 6.07) is 12.4. The molecule has 3 rings (SSSR count). The van der Waals surface area contributed by atoms with Gasteiger partial charge in [-0.05, 0) is 42.3 Å². The van der Waals surface area contributed by atoms with E-state index in [0.717, 1.165) is 31.7 Å². The summed E-state index contributed by atoms with van der Waals surface area (Å²) in [7, 11) is 4.24. The first-order chi connectivity index (χ1) is 13.3. The molecule has 1 aromatic heterocycles. The molecule has 1 aliphatic rings. The minimum Gasteiger partial charge on any atom is -0.353 e. The Labute approximate surface area is 169 Å². The molecule has 1 aromatic carbocycles. The topological polar surface area (TPSA) is 40.5 Å². The number of carbonyl (C=O) groups excluding carboxylic acids is 1. The minimum absolute atomic E-state index is 0.00574. The molecule has 1 N–H and O–H groups in total. The van der Waals surface area contributed by atoms with Crippen LogP contribution in [-0.4, -0.2) is 60.0 Å². The van der Waals surface area contributed by atoms with Crippen LogP contribution >= 0.6 is 0 Å². The quantitative estimate of drug-likeness (QED) is 0.864. The zero-order chi connectivity index (χ0) is 20.3. The molecule has 1 amide bonds. The third-order valence-electron chi connectivity index (χ3n) is 5.77. The fourth-order valence-electron chi connectivity index (χ4n) is 3.79. The normalized spacial score (nSPS) is 17.5. The van der Waals surface area contributed by atoms with Crippen LogP contribution < -0.4 is 5.32 Å². The molecule has 5 nitrogen and oxygen atoms in total. The van der Waals surface area contributed by atoms with Crippen LogP contribution in [0.3, 0.4) is 0 Å². The van der Waals surface area contributed by atoms with Crippen molar-refractivity contribution in [2.24, 2.45) is 7.05 Å². The predicted octanol–water partition coefficient (Wildman–Crippen LogP) is 3.04. The average molecular weight is 383 g/mol. The maximum Gasteiger partial charge on any atom is 0.251 e. The van der Waals surface area contributed by atoms with Crippen LogP contribution in [0.15, 0.2) is 42.6 Å². The molecule has 1 saturated heterocycles. The molecule has 0 radical (unpaired) electrons. The highest BCUT2D eigenvalue weighted by atomic mass is 16.1. The molecule has 0 saturated carbocycles.